The van der Waals surface area contributed by atoms with E-state index in [9.17, 15) is 8.42 Å². The first-order chi connectivity index (χ1) is 11.4. The average molecular weight is 369 g/mol. The van der Waals surface area contributed by atoms with E-state index in [1.807, 2.05) is 17.0 Å². The van der Waals surface area contributed by atoms with Crippen molar-refractivity contribution in [2.45, 2.75) is 52.0 Å². The highest BCUT2D eigenvalue weighted by Crippen LogP contribution is 2.20. The lowest BCUT2D eigenvalue weighted by molar-refractivity contribution is 0.339. The fourth-order valence-electron chi connectivity index (χ4n) is 3.04. The lowest BCUT2D eigenvalue weighted by Crippen LogP contribution is -2.43. The SMILES string of the molecule is CCCCc1ccc(NC(=S)N(CCC)[C@@H]2CCS(=O)(=O)C2)cc1. The second kappa shape index (κ2) is 8.81. The number of hydrogen-bond acceptors (Lipinski definition) is 3. The van der Waals surface area contributed by atoms with E-state index in [4.69, 9.17) is 12.2 Å². The lowest BCUT2D eigenvalue weighted by Gasteiger charge is -2.30. The molecule has 1 atom stereocenters. The molecule has 1 saturated heterocycles. The van der Waals surface area contributed by atoms with Crippen molar-refractivity contribution in [1.82, 2.24) is 4.90 Å². The second-order valence-electron chi connectivity index (χ2n) is 6.48. The second-order valence-corrected chi connectivity index (χ2v) is 9.10. The molecule has 1 aromatic rings. The third kappa shape index (κ3) is 5.45. The molecule has 0 unspecified atom stereocenters. The van der Waals surface area contributed by atoms with Gasteiger partial charge in [0.05, 0.1) is 11.5 Å². The van der Waals surface area contributed by atoms with Crippen molar-refractivity contribution in [3.63, 3.8) is 0 Å². The molecule has 0 bridgehead atoms. The fraction of sp³-hybridized carbons (Fsp3) is 0.611. The van der Waals surface area contributed by atoms with Crippen molar-refractivity contribution >= 4 is 32.9 Å². The van der Waals surface area contributed by atoms with Gasteiger partial charge in [-0.05, 0) is 55.6 Å². The smallest absolute Gasteiger partial charge is 0.173 e. The van der Waals surface area contributed by atoms with Crippen LogP contribution in [0.4, 0.5) is 5.69 Å². The first-order valence-electron chi connectivity index (χ1n) is 8.82. The monoisotopic (exact) mass is 368 g/mol. The van der Waals surface area contributed by atoms with Crippen molar-refractivity contribution in [3.8, 4) is 0 Å². The number of nitrogens with zero attached hydrogens (tertiary/aromatic N) is 1. The normalized spacial score (nSPS) is 19.2. The van der Waals surface area contributed by atoms with Gasteiger partial charge in [-0.3, -0.25) is 0 Å². The molecule has 6 heteroatoms. The Morgan fingerprint density at radius 2 is 1.96 bits per heavy atom. The molecule has 134 valence electrons. The number of rotatable bonds is 7. The fourth-order valence-corrected chi connectivity index (χ4v) is 5.13. The third-order valence-corrected chi connectivity index (χ3v) is 6.49. The van der Waals surface area contributed by atoms with Gasteiger partial charge in [0.15, 0.2) is 14.9 Å². The van der Waals surface area contributed by atoms with E-state index in [1.165, 1.54) is 18.4 Å². The molecule has 0 radical (unpaired) electrons. The average Bonchev–Trinajstić information content (AvgIpc) is 2.91. The molecule has 0 spiro atoms. The highest BCUT2D eigenvalue weighted by atomic mass is 32.2. The molecule has 1 heterocycles. The largest absolute Gasteiger partial charge is 0.345 e. The van der Waals surface area contributed by atoms with Gasteiger partial charge in [0.25, 0.3) is 0 Å². The van der Waals surface area contributed by atoms with Crippen LogP contribution in [0.3, 0.4) is 0 Å². The van der Waals surface area contributed by atoms with Gasteiger partial charge in [0, 0.05) is 18.3 Å². The van der Waals surface area contributed by atoms with Crippen LogP contribution in [-0.4, -0.2) is 42.5 Å². The maximum absolute atomic E-state index is 11.8. The molecular formula is C18H28N2O2S2. The van der Waals surface area contributed by atoms with Crippen LogP contribution in [0.2, 0.25) is 0 Å². The van der Waals surface area contributed by atoms with Gasteiger partial charge < -0.3 is 10.2 Å². The first kappa shape index (κ1) is 19.2. The predicted molar refractivity (Wildman–Crippen MR) is 105 cm³/mol. The van der Waals surface area contributed by atoms with Gasteiger partial charge in [0.1, 0.15) is 0 Å². The van der Waals surface area contributed by atoms with Crippen molar-refractivity contribution in [2.75, 3.05) is 23.4 Å². The Labute approximate surface area is 151 Å². The summed E-state index contributed by atoms with van der Waals surface area (Å²) < 4.78 is 23.5. The number of nitrogens with one attached hydrogen (secondary N) is 1. The molecular weight excluding hydrogens is 340 g/mol. The summed E-state index contributed by atoms with van der Waals surface area (Å²) in [5.74, 6) is 0.484. The van der Waals surface area contributed by atoms with Crippen LogP contribution in [0.25, 0.3) is 0 Å². The Balaban J connectivity index is 2.00. The number of anilines is 1. The summed E-state index contributed by atoms with van der Waals surface area (Å²) in [7, 11) is -2.91. The van der Waals surface area contributed by atoms with Crippen LogP contribution in [0.5, 0.6) is 0 Å². The Morgan fingerprint density at radius 3 is 2.50 bits per heavy atom. The minimum atomic E-state index is -2.91. The summed E-state index contributed by atoms with van der Waals surface area (Å²) in [4.78, 5) is 2.05. The Bertz CT molecular complexity index is 641. The van der Waals surface area contributed by atoms with E-state index in [-0.39, 0.29) is 17.5 Å². The Morgan fingerprint density at radius 1 is 1.25 bits per heavy atom. The van der Waals surface area contributed by atoms with E-state index in [2.05, 4.69) is 31.3 Å². The van der Waals surface area contributed by atoms with Crippen molar-refractivity contribution in [3.05, 3.63) is 29.8 Å². The molecule has 1 aliphatic heterocycles. The van der Waals surface area contributed by atoms with Crippen LogP contribution in [-0.2, 0) is 16.3 Å². The van der Waals surface area contributed by atoms with Crippen molar-refractivity contribution in [2.24, 2.45) is 0 Å². The number of hydrogen-bond donors (Lipinski definition) is 1. The molecule has 1 aromatic carbocycles. The van der Waals surface area contributed by atoms with E-state index in [0.29, 0.717) is 11.5 Å². The Hall–Kier alpha value is -1.14. The minimum Gasteiger partial charge on any atom is -0.345 e. The van der Waals surface area contributed by atoms with Crippen molar-refractivity contribution < 1.29 is 8.42 Å². The lowest BCUT2D eigenvalue weighted by atomic mass is 10.1. The van der Waals surface area contributed by atoms with Crippen LogP contribution >= 0.6 is 12.2 Å². The molecule has 0 saturated carbocycles. The molecule has 0 aliphatic carbocycles. The number of sulfone groups is 1. The summed E-state index contributed by atoms with van der Waals surface area (Å²) in [5, 5.41) is 3.90. The first-order valence-corrected chi connectivity index (χ1v) is 11.0. The predicted octanol–water partition coefficient (Wildman–Crippen LogP) is 3.63. The molecule has 0 aromatic heterocycles. The summed E-state index contributed by atoms with van der Waals surface area (Å²) >= 11 is 5.56. The van der Waals surface area contributed by atoms with E-state index < -0.39 is 9.84 Å². The van der Waals surface area contributed by atoms with Gasteiger partial charge >= 0.3 is 0 Å². The Kier molecular flexibility index (Phi) is 7.04. The maximum atomic E-state index is 11.8. The zero-order chi connectivity index (χ0) is 17.6. The highest BCUT2D eigenvalue weighted by molar-refractivity contribution is 7.91. The van der Waals surface area contributed by atoms with Gasteiger partial charge in [-0.2, -0.15) is 0 Å². The summed E-state index contributed by atoms with van der Waals surface area (Å²) in [5.41, 5.74) is 2.29. The number of aryl methyl sites for hydroxylation is 1. The molecule has 24 heavy (non-hydrogen) atoms. The third-order valence-electron chi connectivity index (χ3n) is 4.40. The summed E-state index contributed by atoms with van der Waals surface area (Å²) in [6.45, 7) is 5.06. The summed E-state index contributed by atoms with van der Waals surface area (Å²) in [6.07, 6.45) is 5.10. The van der Waals surface area contributed by atoms with Gasteiger partial charge in [-0.1, -0.05) is 32.4 Å². The number of thiocarbonyl (C=S) groups is 1. The maximum Gasteiger partial charge on any atom is 0.173 e. The van der Waals surface area contributed by atoms with E-state index >= 15 is 0 Å². The summed E-state index contributed by atoms with van der Waals surface area (Å²) in [6, 6.07) is 8.36. The van der Waals surface area contributed by atoms with Gasteiger partial charge in [0.2, 0.25) is 0 Å². The van der Waals surface area contributed by atoms with Crippen LogP contribution in [0, 0.1) is 0 Å². The van der Waals surface area contributed by atoms with Gasteiger partial charge in [-0.15, -0.1) is 0 Å². The van der Waals surface area contributed by atoms with Crippen LogP contribution in [0.15, 0.2) is 24.3 Å². The number of benzene rings is 1. The zero-order valence-corrected chi connectivity index (χ0v) is 16.3. The van der Waals surface area contributed by atoms with Crippen LogP contribution < -0.4 is 5.32 Å². The molecule has 1 fully saturated rings. The standard InChI is InChI=1S/C18H28N2O2S2/c1-3-5-6-15-7-9-16(10-8-15)19-18(23)20(12-4-2)17-11-13-24(21,22)14-17/h7-10,17H,3-6,11-14H2,1-2H3,(H,19,23)/t17-/m1/s1. The quantitative estimate of drug-likeness (QED) is 0.745. The molecule has 2 rings (SSSR count). The molecule has 0 amide bonds. The topological polar surface area (TPSA) is 49.4 Å². The number of unbranched alkanes of at least 4 members (excludes halogenated alkanes) is 1. The molecule has 1 N–H and O–H groups in total. The minimum absolute atomic E-state index is 0.00113. The molecule has 4 nitrogen and oxygen atoms in total. The molecule has 1 aliphatic rings. The highest BCUT2D eigenvalue weighted by Gasteiger charge is 2.33. The van der Waals surface area contributed by atoms with Crippen molar-refractivity contribution in [1.29, 1.82) is 0 Å². The van der Waals surface area contributed by atoms with Gasteiger partial charge in [-0.25, -0.2) is 8.42 Å². The van der Waals surface area contributed by atoms with Crippen LogP contribution in [0.1, 0.15) is 45.1 Å². The zero-order valence-electron chi connectivity index (χ0n) is 14.6. The van der Waals surface area contributed by atoms with E-state index in [0.717, 1.165) is 25.1 Å². The van der Waals surface area contributed by atoms with E-state index in [1.54, 1.807) is 0 Å².